The quantitative estimate of drug-likeness (QED) is 0.406. The molecular weight excluding hydrogens is 200 g/mol. The number of carboxylic acid groups (broad SMARTS) is 1. The molecule has 0 aliphatic heterocycles. The van der Waals surface area contributed by atoms with Crippen molar-refractivity contribution in [1.29, 1.82) is 0 Å². The van der Waals surface area contributed by atoms with Crippen molar-refractivity contribution in [2.75, 3.05) is 13.1 Å². The minimum atomic E-state index is -1.17. The molecule has 0 aromatic rings. The molecule has 0 aliphatic rings. The van der Waals surface area contributed by atoms with Gasteiger partial charge in [-0.1, -0.05) is 13.8 Å². The van der Waals surface area contributed by atoms with E-state index in [-0.39, 0.29) is 18.4 Å². The second kappa shape index (κ2) is 6.80. The molecule has 0 unspecified atom stereocenters. The van der Waals surface area contributed by atoms with Gasteiger partial charge in [0.25, 0.3) is 0 Å². The second-order valence-corrected chi connectivity index (χ2v) is 3.37. The average molecular weight is 216 g/mol. The van der Waals surface area contributed by atoms with Gasteiger partial charge >= 0.3 is 5.97 Å². The molecule has 0 aromatic carbocycles. The predicted molar refractivity (Wildman–Crippen MR) is 53.1 cm³/mol. The van der Waals surface area contributed by atoms with E-state index in [0.29, 0.717) is 6.54 Å². The minimum Gasteiger partial charge on any atom is -0.481 e. The Kier molecular flexibility index (Phi) is 6.08. The molecule has 86 valence electrons. The van der Waals surface area contributed by atoms with Gasteiger partial charge in [0.1, 0.15) is 6.42 Å². The molecule has 0 radical (unpaired) electrons. The second-order valence-electron chi connectivity index (χ2n) is 3.37. The molecule has 0 heterocycles. The van der Waals surface area contributed by atoms with Gasteiger partial charge in [0.05, 0.1) is 0 Å². The third-order valence-electron chi connectivity index (χ3n) is 1.58. The zero-order valence-electron chi connectivity index (χ0n) is 8.87. The van der Waals surface area contributed by atoms with Gasteiger partial charge in [-0.25, -0.2) is 0 Å². The lowest BCUT2D eigenvalue weighted by Gasteiger charge is -2.07. The fraction of sp³-hybridized carbons (Fsp3) is 0.667. The maximum absolute atomic E-state index is 11.0. The van der Waals surface area contributed by atoms with Crippen LogP contribution in [0.25, 0.3) is 0 Å². The van der Waals surface area contributed by atoms with Crippen molar-refractivity contribution in [1.82, 2.24) is 10.6 Å². The smallest absolute Gasteiger partial charge is 0.312 e. The van der Waals surface area contributed by atoms with Crippen LogP contribution in [-0.2, 0) is 14.4 Å². The fourth-order valence-electron chi connectivity index (χ4n) is 0.792. The van der Waals surface area contributed by atoms with Crippen molar-refractivity contribution in [3.63, 3.8) is 0 Å². The zero-order valence-corrected chi connectivity index (χ0v) is 8.87. The van der Waals surface area contributed by atoms with Gasteiger partial charge in [-0.15, -0.1) is 0 Å². The van der Waals surface area contributed by atoms with Crippen LogP contribution >= 0.6 is 0 Å². The summed E-state index contributed by atoms with van der Waals surface area (Å²) in [6, 6.07) is 0. The summed E-state index contributed by atoms with van der Waals surface area (Å²) in [5.74, 6) is -1.91. The van der Waals surface area contributed by atoms with Crippen LogP contribution in [0, 0.1) is 5.92 Å². The molecule has 15 heavy (non-hydrogen) atoms. The van der Waals surface area contributed by atoms with Gasteiger partial charge in [0, 0.05) is 19.0 Å². The number of hydrogen-bond donors (Lipinski definition) is 3. The Morgan fingerprint density at radius 1 is 1.13 bits per heavy atom. The Hall–Kier alpha value is -1.59. The number of carbonyl (C=O) groups excluding carboxylic acids is 2. The van der Waals surface area contributed by atoms with Crippen LogP contribution in [0.2, 0.25) is 0 Å². The highest BCUT2D eigenvalue weighted by atomic mass is 16.4. The van der Waals surface area contributed by atoms with E-state index in [1.807, 2.05) is 0 Å². The standard InChI is InChI=1S/C9H16N2O4/c1-6(2)9(15)11-4-3-10-7(12)5-8(13)14/h6H,3-5H2,1-2H3,(H,10,12)(H,11,15)(H,13,14). The lowest BCUT2D eigenvalue weighted by atomic mass is 10.2. The van der Waals surface area contributed by atoms with Gasteiger partial charge < -0.3 is 15.7 Å². The number of amides is 2. The Morgan fingerprint density at radius 2 is 1.67 bits per heavy atom. The normalized spacial score (nSPS) is 9.80. The van der Waals surface area contributed by atoms with E-state index in [2.05, 4.69) is 10.6 Å². The highest BCUT2D eigenvalue weighted by Crippen LogP contribution is 1.88. The number of aliphatic carboxylic acids is 1. The first-order valence-electron chi connectivity index (χ1n) is 4.69. The first-order valence-corrected chi connectivity index (χ1v) is 4.69. The van der Waals surface area contributed by atoms with Crippen molar-refractivity contribution >= 4 is 17.8 Å². The molecule has 0 aromatic heterocycles. The van der Waals surface area contributed by atoms with Crippen molar-refractivity contribution in [2.45, 2.75) is 20.3 Å². The van der Waals surface area contributed by atoms with Crippen LogP contribution in [0.4, 0.5) is 0 Å². The Balaban J connectivity index is 3.50. The molecule has 3 N–H and O–H groups in total. The van der Waals surface area contributed by atoms with E-state index < -0.39 is 18.3 Å². The van der Waals surface area contributed by atoms with E-state index >= 15 is 0 Å². The number of nitrogens with one attached hydrogen (secondary N) is 2. The van der Waals surface area contributed by atoms with E-state index in [0.717, 1.165) is 0 Å². The monoisotopic (exact) mass is 216 g/mol. The highest BCUT2D eigenvalue weighted by Gasteiger charge is 2.07. The van der Waals surface area contributed by atoms with Crippen molar-refractivity contribution in [2.24, 2.45) is 5.92 Å². The molecule has 2 amide bonds. The molecular formula is C9H16N2O4. The number of hydrogen-bond acceptors (Lipinski definition) is 3. The summed E-state index contributed by atoms with van der Waals surface area (Å²) in [6.07, 6.45) is -0.544. The summed E-state index contributed by atoms with van der Waals surface area (Å²) in [5, 5.41) is 13.2. The van der Waals surface area contributed by atoms with Gasteiger partial charge in [0.15, 0.2) is 0 Å². The van der Waals surface area contributed by atoms with Crippen LogP contribution in [-0.4, -0.2) is 36.0 Å². The Bertz CT molecular complexity index is 250. The molecule has 6 heteroatoms. The largest absolute Gasteiger partial charge is 0.481 e. The van der Waals surface area contributed by atoms with Gasteiger partial charge in [-0.3, -0.25) is 14.4 Å². The Morgan fingerprint density at radius 3 is 2.13 bits per heavy atom. The van der Waals surface area contributed by atoms with Gasteiger partial charge in [0.2, 0.25) is 11.8 Å². The topological polar surface area (TPSA) is 95.5 Å². The molecule has 0 saturated heterocycles. The van der Waals surface area contributed by atoms with Crippen LogP contribution in [0.3, 0.4) is 0 Å². The maximum Gasteiger partial charge on any atom is 0.312 e. The zero-order chi connectivity index (χ0) is 11.8. The van der Waals surface area contributed by atoms with Crippen LogP contribution in [0.15, 0.2) is 0 Å². The summed E-state index contributed by atoms with van der Waals surface area (Å²) >= 11 is 0. The lowest BCUT2D eigenvalue weighted by Crippen LogP contribution is -2.36. The molecule has 0 atom stereocenters. The molecule has 0 fully saturated rings. The number of carbonyl (C=O) groups is 3. The Labute approximate surface area is 88.0 Å². The summed E-state index contributed by atoms with van der Waals surface area (Å²) in [7, 11) is 0. The minimum absolute atomic E-state index is 0.0949. The van der Waals surface area contributed by atoms with E-state index in [9.17, 15) is 14.4 Å². The maximum atomic E-state index is 11.0. The first kappa shape index (κ1) is 13.4. The van der Waals surface area contributed by atoms with Crippen molar-refractivity contribution in [3.8, 4) is 0 Å². The highest BCUT2D eigenvalue weighted by molar-refractivity contribution is 5.93. The summed E-state index contributed by atoms with van der Waals surface area (Å²) < 4.78 is 0. The predicted octanol–water partition coefficient (Wildman–Crippen LogP) is -0.650. The van der Waals surface area contributed by atoms with E-state index in [1.54, 1.807) is 13.8 Å². The molecule has 0 saturated carbocycles. The fourth-order valence-corrected chi connectivity index (χ4v) is 0.792. The number of carboxylic acids is 1. The average Bonchev–Trinajstić information content (AvgIpc) is 2.10. The summed E-state index contributed by atoms with van der Waals surface area (Å²) in [4.78, 5) is 32.0. The van der Waals surface area contributed by atoms with Crippen molar-refractivity contribution < 1.29 is 19.5 Å². The molecule has 0 bridgehead atoms. The van der Waals surface area contributed by atoms with Crippen LogP contribution < -0.4 is 10.6 Å². The van der Waals surface area contributed by atoms with E-state index in [1.165, 1.54) is 0 Å². The molecule has 0 aliphatic carbocycles. The SMILES string of the molecule is CC(C)C(=O)NCCNC(=O)CC(=O)O. The molecule has 0 rings (SSSR count). The van der Waals surface area contributed by atoms with Crippen LogP contribution in [0.1, 0.15) is 20.3 Å². The third kappa shape index (κ3) is 7.48. The van der Waals surface area contributed by atoms with Gasteiger partial charge in [-0.2, -0.15) is 0 Å². The molecule has 0 spiro atoms. The third-order valence-corrected chi connectivity index (χ3v) is 1.58. The van der Waals surface area contributed by atoms with Gasteiger partial charge in [-0.05, 0) is 0 Å². The van der Waals surface area contributed by atoms with Crippen LogP contribution in [0.5, 0.6) is 0 Å². The molecule has 6 nitrogen and oxygen atoms in total. The lowest BCUT2D eigenvalue weighted by molar-refractivity contribution is -0.140. The summed E-state index contributed by atoms with van der Waals surface area (Å²) in [5.41, 5.74) is 0. The first-order chi connectivity index (χ1) is 6.93. The summed E-state index contributed by atoms with van der Waals surface area (Å²) in [6.45, 7) is 4.07. The number of rotatable bonds is 6. The van der Waals surface area contributed by atoms with Crippen molar-refractivity contribution in [3.05, 3.63) is 0 Å². The van der Waals surface area contributed by atoms with E-state index in [4.69, 9.17) is 5.11 Å².